The second kappa shape index (κ2) is 8.53. The van der Waals surface area contributed by atoms with Crippen LogP contribution in [-0.2, 0) is 17.8 Å². The lowest BCUT2D eigenvalue weighted by atomic mass is 10.1. The van der Waals surface area contributed by atoms with E-state index in [9.17, 15) is 4.79 Å². The Morgan fingerprint density at radius 2 is 1.84 bits per heavy atom. The molecule has 3 rings (SSSR count). The molecular weight excluding hydrogens is 330 g/mol. The van der Waals surface area contributed by atoms with Gasteiger partial charge in [0.2, 0.25) is 5.91 Å². The summed E-state index contributed by atoms with van der Waals surface area (Å²) in [5.41, 5.74) is 3.30. The fourth-order valence-corrected chi connectivity index (χ4v) is 3.25. The van der Waals surface area contributed by atoms with Crippen LogP contribution >= 0.6 is 11.8 Å². The molecule has 5 heteroatoms. The fraction of sp³-hybridized carbons (Fsp3) is 0.200. The summed E-state index contributed by atoms with van der Waals surface area (Å²) in [5.74, 6) is 0.310. The van der Waals surface area contributed by atoms with Crippen LogP contribution in [0.25, 0.3) is 0 Å². The zero-order valence-electron chi connectivity index (χ0n) is 14.2. The van der Waals surface area contributed by atoms with Gasteiger partial charge in [-0.05, 0) is 29.7 Å². The van der Waals surface area contributed by atoms with Crippen LogP contribution in [0.4, 0.5) is 5.69 Å². The number of nitrogens with zero attached hydrogens (tertiary/aromatic N) is 2. The first-order chi connectivity index (χ1) is 12.2. The minimum Gasteiger partial charge on any atom is -0.325 e. The highest BCUT2D eigenvalue weighted by Gasteiger charge is 2.08. The van der Waals surface area contributed by atoms with Crippen LogP contribution in [0.5, 0.6) is 0 Å². The number of aryl methyl sites for hydroxylation is 1. The molecular formula is C20H21N3OS. The van der Waals surface area contributed by atoms with Gasteiger partial charge >= 0.3 is 0 Å². The number of rotatable bonds is 7. The highest BCUT2D eigenvalue weighted by atomic mass is 32.2. The molecule has 0 aliphatic heterocycles. The molecule has 0 aliphatic rings. The van der Waals surface area contributed by atoms with Crippen molar-refractivity contribution in [1.82, 2.24) is 9.55 Å². The van der Waals surface area contributed by atoms with Crippen LogP contribution in [0, 0.1) is 0 Å². The van der Waals surface area contributed by atoms with Gasteiger partial charge in [0.15, 0.2) is 5.16 Å². The molecule has 1 amide bonds. The summed E-state index contributed by atoms with van der Waals surface area (Å²) in [6.45, 7) is 2.87. The molecule has 4 nitrogen and oxygen atoms in total. The van der Waals surface area contributed by atoms with Gasteiger partial charge < -0.3 is 9.88 Å². The number of anilines is 1. The lowest BCUT2D eigenvalue weighted by Crippen LogP contribution is -2.14. The van der Waals surface area contributed by atoms with Crippen molar-refractivity contribution < 1.29 is 4.79 Å². The van der Waals surface area contributed by atoms with E-state index < -0.39 is 0 Å². The van der Waals surface area contributed by atoms with Crippen molar-refractivity contribution in [3.8, 4) is 0 Å². The molecule has 0 saturated heterocycles. The zero-order chi connectivity index (χ0) is 17.5. The Bertz CT molecular complexity index is 812. The van der Waals surface area contributed by atoms with Gasteiger partial charge in [-0.25, -0.2) is 4.98 Å². The van der Waals surface area contributed by atoms with Crippen molar-refractivity contribution in [2.24, 2.45) is 0 Å². The van der Waals surface area contributed by atoms with E-state index in [0.717, 1.165) is 23.8 Å². The first kappa shape index (κ1) is 17.3. The number of benzene rings is 2. The molecule has 0 spiro atoms. The van der Waals surface area contributed by atoms with Crippen LogP contribution in [0.1, 0.15) is 18.1 Å². The van der Waals surface area contributed by atoms with Crippen molar-refractivity contribution >= 4 is 23.4 Å². The second-order valence-electron chi connectivity index (χ2n) is 5.71. The molecule has 0 unspecified atom stereocenters. The first-order valence-corrected chi connectivity index (χ1v) is 9.30. The van der Waals surface area contributed by atoms with E-state index >= 15 is 0 Å². The number of nitrogens with one attached hydrogen (secondary N) is 1. The quantitative estimate of drug-likeness (QED) is 0.648. The van der Waals surface area contributed by atoms with Crippen molar-refractivity contribution in [1.29, 1.82) is 0 Å². The molecule has 1 aromatic heterocycles. The summed E-state index contributed by atoms with van der Waals surface area (Å²) in [5, 5.41) is 3.78. The molecule has 3 aromatic rings. The zero-order valence-corrected chi connectivity index (χ0v) is 15.0. The van der Waals surface area contributed by atoms with Crippen LogP contribution in [0.3, 0.4) is 0 Å². The minimum atomic E-state index is -0.0245. The molecule has 0 radical (unpaired) electrons. The maximum absolute atomic E-state index is 12.2. The molecule has 1 N–H and O–H groups in total. The van der Waals surface area contributed by atoms with Gasteiger partial charge in [-0.15, -0.1) is 0 Å². The van der Waals surface area contributed by atoms with Gasteiger partial charge in [0, 0.05) is 24.6 Å². The molecule has 0 aliphatic carbocycles. The third-order valence-corrected chi connectivity index (χ3v) is 4.86. The summed E-state index contributed by atoms with van der Waals surface area (Å²) in [4.78, 5) is 16.5. The molecule has 0 fully saturated rings. The Hall–Kier alpha value is -2.53. The monoisotopic (exact) mass is 351 g/mol. The van der Waals surface area contributed by atoms with Gasteiger partial charge in [-0.2, -0.15) is 0 Å². The Morgan fingerprint density at radius 1 is 1.08 bits per heavy atom. The fourth-order valence-electron chi connectivity index (χ4n) is 2.49. The van der Waals surface area contributed by atoms with Crippen molar-refractivity contribution in [3.63, 3.8) is 0 Å². The van der Waals surface area contributed by atoms with E-state index in [1.165, 1.54) is 22.9 Å². The standard InChI is InChI=1S/C20H21N3OS/c1-2-16-8-10-18(11-9-16)22-19(24)15-25-20-21-12-13-23(20)14-17-6-4-3-5-7-17/h3-13H,2,14-15H2,1H3,(H,22,24). The van der Waals surface area contributed by atoms with E-state index in [-0.39, 0.29) is 5.91 Å². The van der Waals surface area contributed by atoms with E-state index in [1.54, 1.807) is 6.20 Å². The molecule has 128 valence electrons. The Labute approximate surface area is 152 Å². The summed E-state index contributed by atoms with van der Waals surface area (Å²) < 4.78 is 2.06. The van der Waals surface area contributed by atoms with Crippen LogP contribution < -0.4 is 5.32 Å². The third-order valence-electron chi connectivity index (χ3n) is 3.85. The van der Waals surface area contributed by atoms with E-state index in [2.05, 4.69) is 33.9 Å². The van der Waals surface area contributed by atoms with Crippen molar-refractivity contribution in [2.75, 3.05) is 11.1 Å². The van der Waals surface area contributed by atoms with Crippen LogP contribution in [-0.4, -0.2) is 21.2 Å². The number of thioether (sulfide) groups is 1. The number of amides is 1. The third kappa shape index (κ3) is 4.97. The molecule has 1 heterocycles. The average molecular weight is 351 g/mol. The van der Waals surface area contributed by atoms with Gasteiger partial charge in [0.05, 0.1) is 5.75 Å². The minimum absolute atomic E-state index is 0.0245. The molecule has 0 atom stereocenters. The summed E-state index contributed by atoms with van der Waals surface area (Å²) in [6.07, 6.45) is 4.71. The number of hydrogen-bond acceptors (Lipinski definition) is 3. The van der Waals surface area contributed by atoms with Crippen LogP contribution in [0.15, 0.2) is 72.1 Å². The van der Waals surface area contributed by atoms with E-state index in [1.807, 2.05) is 48.7 Å². The molecule has 2 aromatic carbocycles. The first-order valence-electron chi connectivity index (χ1n) is 8.31. The topological polar surface area (TPSA) is 46.9 Å². The highest BCUT2D eigenvalue weighted by Crippen LogP contribution is 2.18. The second-order valence-corrected chi connectivity index (χ2v) is 6.65. The Morgan fingerprint density at radius 3 is 2.56 bits per heavy atom. The Balaban J connectivity index is 1.54. The van der Waals surface area contributed by atoms with E-state index in [0.29, 0.717) is 5.75 Å². The van der Waals surface area contributed by atoms with E-state index in [4.69, 9.17) is 0 Å². The van der Waals surface area contributed by atoms with Crippen molar-refractivity contribution in [2.45, 2.75) is 25.0 Å². The number of imidazole rings is 1. The number of carbonyl (C=O) groups excluding carboxylic acids is 1. The molecule has 0 bridgehead atoms. The van der Waals surface area contributed by atoms with Gasteiger partial charge in [0.1, 0.15) is 0 Å². The van der Waals surface area contributed by atoms with Gasteiger partial charge in [-0.3, -0.25) is 4.79 Å². The summed E-state index contributed by atoms with van der Waals surface area (Å²) in [7, 11) is 0. The smallest absolute Gasteiger partial charge is 0.234 e. The Kier molecular flexibility index (Phi) is 5.90. The lowest BCUT2D eigenvalue weighted by molar-refractivity contribution is -0.113. The van der Waals surface area contributed by atoms with Gasteiger partial charge in [0.25, 0.3) is 0 Å². The van der Waals surface area contributed by atoms with Crippen LogP contribution in [0.2, 0.25) is 0 Å². The molecule has 0 saturated carbocycles. The maximum atomic E-state index is 12.2. The SMILES string of the molecule is CCc1ccc(NC(=O)CSc2nccn2Cc2ccccc2)cc1. The number of carbonyl (C=O) groups is 1. The predicted molar refractivity (Wildman–Crippen MR) is 103 cm³/mol. The lowest BCUT2D eigenvalue weighted by Gasteiger charge is -2.08. The molecule has 25 heavy (non-hydrogen) atoms. The summed E-state index contributed by atoms with van der Waals surface area (Å²) >= 11 is 1.45. The largest absolute Gasteiger partial charge is 0.325 e. The van der Waals surface area contributed by atoms with Crippen molar-refractivity contribution in [3.05, 3.63) is 78.1 Å². The van der Waals surface area contributed by atoms with Gasteiger partial charge in [-0.1, -0.05) is 61.2 Å². The predicted octanol–water partition coefficient (Wildman–Crippen LogP) is 4.22. The highest BCUT2D eigenvalue weighted by molar-refractivity contribution is 7.99. The maximum Gasteiger partial charge on any atom is 0.234 e. The average Bonchev–Trinajstić information content (AvgIpc) is 3.08. The normalized spacial score (nSPS) is 10.6. The number of hydrogen-bond donors (Lipinski definition) is 1. The summed E-state index contributed by atoms with van der Waals surface area (Å²) in [6, 6.07) is 18.2. The number of aromatic nitrogens is 2.